The van der Waals surface area contributed by atoms with Crippen molar-refractivity contribution in [3.05, 3.63) is 45.8 Å². The molecule has 1 N–H and O–H groups in total. The van der Waals surface area contributed by atoms with E-state index in [0.717, 1.165) is 0 Å². The van der Waals surface area contributed by atoms with Crippen LogP contribution in [0.5, 0.6) is 0 Å². The molecule has 0 unspecified atom stereocenters. The van der Waals surface area contributed by atoms with Gasteiger partial charge in [-0.25, -0.2) is 9.78 Å². The van der Waals surface area contributed by atoms with E-state index in [4.69, 9.17) is 28.3 Å². The van der Waals surface area contributed by atoms with E-state index in [-0.39, 0.29) is 5.69 Å². The molecular formula is C12H8Cl2N2O2. The topological polar surface area (TPSA) is 63.1 Å². The second kappa shape index (κ2) is 4.92. The van der Waals surface area contributed by atoms with Crippen LogP contribution in [0, 0.1) is 6.92 Å². The first-order chi connectivity index (χ1) is 8.50. The third-order valence-corrected chi connectivity index (χ3v) is 3.20. The Morgan fingerprint density at radius 1 is 1.33 bits per heavy atom. The van der Waals surface area contributed by atoms with E-state index in [1.807, 2.05) is 0 Å². The van der Waals surface area contributed by atoms with Crippen molar-refractivity contribution in [2.24, 2.45) is 0 Å². The van der Waals surface area contributed by atoms with Crippen LogP contribution in [0.1, 0.15) is 16.2 Å². The van der Waals surface area contributed by atoms with Crippen LogP contribution in [0.4, 0.5) is 0 Å². The van der Waals surface area contributed by atoms with Crippen molar-refractivity contribution in [3.8, 4) is 11.3 Å². The van der Waals surface area contributed by atoms with Crippen LogP contribution in [0.25, 0.3) is 11.3 Å². The molecule has 0 amide bonds. The van der Waals surface area contributed by atoms with Crippen molar-refractivity contribution in [2.75, 3.05) is 0 Å². The van der Waals surface area contributed by atoms with Gasteiger partial charge in [-0.2, -0.15) is 0 Å². The maximum Gasteiger partial charge on any atom is 0.356 e. The highest BCUT2D eigenvalue weighted by atomic mass is 35.5. The molecular weight excluding hydrogens is 275 g/mol. The zero-order chi connectivity index (χ0) is 13.3. The molecule has 0 saturated carbocycles. The lowest BCUT2D eigenvalue weighted by Crippen LogP contribution is -2.04. The van der Waals surface area contributed by atoms with Gasteiger partial charge in [0, 0.05) is 5.56 Å². The van der Waals surface area contributed by atoms with Gasteiger partial charge in [-0.3, -0.25) is 4.98 Å². The third-order valence-electron chi connectivity index (χ3n) is 2.38. The fourth-order valence-corrected chi connectivity index (χ4v) is 1.88. The lowest BCUT2D eigenvalue weighted by Gasteiger charge is -2.08. The number of aryl methyl sites for hydroxylation is 1. The second-order valence-electron chi connectivity index (χ2n) is 3.60. The Labute approximate surface area is 113 Å². The van der Waals surface area contributed by atoms with Crippen molar-refractivity contribution in [1.29, 1.82) is 0 Å². The molecule has 0 saturated heterocycles. The maximum atomic E-state index is 10.9. The number of aromatic nitrogens is 2. The molecule has 18 heavy (non-hydrogen) atoms. The van der Waals surface area contributed by atoms with Gasteiger partial charge in [-0.1, -0.05) is 35.3 Å². The zero-order valence-corrected chi connectivity index (χ0v) is 10.8. The summed E-state index contributed by atoms with van der Waals surface area (Å²) in [7, 11) is 0. The molecule has 0 radical (unpaired) electrons. The number of carboxylic acids is 1. The number of benzene rings is 1. The highest BCUT2D eigenvalue weighted by Crippen LogP contribution is 2.33. The largest absolute Gasteiger partial charge is 0.476 e. The molecule has 2 rings (SSSR count). The third kappa shape index (κ3) is 2.30. The summed E-state index contributed by atoms with van der Waals surface area (Å²) in [6.45, 7) is 1.73. The summed E-state index contributed by atoms with van der Waals surface area (Å²) in [4.78, 5) is 18.9. The van der Waals surface area contributed by atoms with Crippen LogP contribution in [0.2, 0.25) is 10.0 Å². The minimum Gasteiger partial charge on any atom is -0.476 e. The van der Waals surface area contributed by atoms with E-state index in [0.29, 0.717) is 27.0 Å². The summed E-state index contributed by atoms with van der Waals surface area (Å²) in [6, 6.07) is 5.09. The van der Waals surface area contributed by atoms with Gasteiger partial charge in [0.1, 0.15) is 0 Å². The Morgan fingerprint density at radius 3 is 2.72 bits per heavy atom. The summed E-state index contributed by atoms with van der Waals surface area (Å²) in [5, 5.41) is 9.63. The minimum absolute atomic E-state index is 0.133. The van der Waals surface area contributed by atoms with E-state index >= 15 is 0 Å². The number of nitrogens with zero attached hydrogens (tertiary/aromatic N) is 2. The fraction of sp³-hybridized carbons (Fsp3) is 0.0833. The lowest BCUT2D eigenvalue weighted by molar-refractivity contribution is 0.0690. The monoisotopic (exact) mass is 282 g/mol. The van der Waals surface area contributed by atoms with Crippen LogP contribution in [0.3, 0.4) is 0 Å². The Balaban J connectivity index is 2.66. The summed E-state index contributed by atoms with van der Waals surface area (Å²) < 4.78 is 0. The average Bonchev–Trinajstić information content (AvgIpc) is 2.33. The summed E-state index contributed by atoms with van der Waals surface area (Å²) in [5.74, 6) is -1.14. The number of rotatable bonds is 2. The van der Waals surface area contributed by atoms with Crippen LogP contribution in [0.15, 0.2) is 24.4 Å². The SMILES string of the molecule is Cc1ncc(C(=O)O)nc1-c1cccc(Cl)c1Cl. The number of carboxylic acid groups (broad SMARTS) is 1. The standard InChI is InChI=1S/C12H8Cl2N2O2/c1-6-11(16-9(5-15-6)12(17)18)7-3-2-4-8(13)10(7)14/h2-5H,1H3,(H,17,18). The van der Waals surface area contributed by atoms with E-state index in [1.54, 1.807) is 25.1 Å². The molecule has 0 aliphatic rings. The molecule has 1 aromatic heterocycles. The maximum absolute atomic E-state index is 10.9. The van der Waals surface area contributed by atoms with Crippen molar-refractivity contribution in [2.45, 2.75) is 6.92 Å². The van der Waals surface area contributed by atoms with Crippen LogP contribution >= 0.6 is 23.2 Å². The molecule has 6 heteroatoms. The number of hydrogen-bond acceptors (Lipinski definition) is 3. The van der Waals surface area contributed by atoms with Crippen molar-refractivity contribution in [3.63, 3.8) is 0 Å². The molecule has 4 nitrogen and oxygen atoms in total. The number of carbonyl (C=O) groups is 1. The molecule has 2 aromatic rings. The molecule has 1 heterocycles. The van der Waals surface area contributed by atoms with E-state index in [9.17, 15) is 4.79 Å². The molecule has 0 bridgehead atoms. The average molecular weight is 283 g/mol. The summed E-state index contributed by atoms with van der Waals surface area (Å²) in [6.07, 6.45) is 1.21. The van der Waals surface area contributed by atoms with Gasteiger partial charge in [-0.05, 0) is 13.0 Å². The van der Waals surface area contributed by atoms with E-state index in [1.165, 1.54) is 6.20 Å². The lowest BCUT2D eigenvalue weighted by atomic mass is 10.1. The van der Waals surface area contributed by atoms with Crippen molar-refractivity contribution >= 4 is 29.2 Å². The molecule has 0 atom stereocenters. The smallest absolute Gasteiger partial charge is 0.356 e. The van der Waals surface area contributed by atoms with Gasteiger partial charge in [0.2, 0.25) is 0 Å². The predicted octanol–water partition coefficient (Wildman–Crippen LogP) is 3.46. The number of aromatic carboxylic acids is 1. The molecule has 0 fully saturated rings. The minimum atomic E-state index is -1.14. The van der Waals surface area contributed by atoms with Crippen LogP contribution in [-0.4, -0.2) is 21.0 Å². The second-order valence-corrected chi connectivity index (χ2v) is 4.38. The van der Waals surface area contributed by atoms with Crippen molar-refractivity contribution < 1.29 is 9.90 Å². The summed E-state index contributed by atoms with van der Waals surface area (Å²) in [5.41, 5.74) is 1.44. The van der Waals surface area contributed by atoms with Gasteiger partial charge in [0.25, 0.3) is 0 Å². The summed E-state index contributed by atoms with van der Waals surface area (Å²) >= 11 is 12.0. The Hall–Kier alpha value is -1.65. The molecule has 0 aliphatic carbocycles. The normalized spacial score (nSPS) is 10.4. The van der Waals surface area contributed by atoms with E-state index < -0.39 is 5.97 Å². The Bertz CT molecular complexity index is 629. The highest BCUT2D eigenvalue weighted by molar-refractivity contribution is 6.43. The van der Waals surface area contributed by atoms with Crippen molar-refractivity contribution in [1.82, 2.24) is 9.97 Å². The predicted molar refractivity (Wildman–Crippen MR) is 69.2 cm³/mol. The van der Waals surface area contributed by atoms with Gasteiger partial charge >= 0.3 is 5.97 Å². The first kappa shape index (κ1) is 12.8. The highest BCUT2D eigenvalue weighted by Gasteiger charge is 2.14. The molecule has 1 aromatic carbocycles. The fourth-order valence-electron chi connectivity index (χ4n) is 1.49. The van der Waals surface area contributed by atoms with Gasteiger partial charge in [0.05, 0.1) is 27.6 Å². The van der Waals surface area contributed by atoms with Gasteiger partial charge in [0.15, 0.2) is 5.69 Å². The number of halogens is 2. The zero-order valence-electron chi connectivity index (χ0n) is 9.32. The van der Waals surface area contributed by atoms with Gasteiger partial charge < -0.3 is 5.11 Å². The van der Waals surface area contributed by atoms with Crippen LogP contribution < -0.4 is 0 Å². The Kier molecular flexibility index (Phi) is 3.50. The van der Waals surface area contributed by atoms with Gasteiger partial charge in [-0.15, -0.1) is 0 Å². The first-order valence-corrected chi connectivity index (χ1v) is 5.77. The van der Waals surface area contributed by atoms with E-state index in [2.05, 4.69) is 9.97 Å². The molecule has 0 spiro atoms. The first-order valence-electron chi connectivity index (χ1n) is 5.02. The molecule has 0 aliphatic heterocycles. The van der Waals surface area contributed by atoms with Crippen LogP contribution in [-0.2, 0) is 0 Å². The Morgan fingerprint density at radius 2 is 2.06 bits per heavy atom. The molecule has 92 valence electrons. The quantitative estimate of drug-likeness (QED) is 0.916. The number of hydrogen-bond donors (Lipinski definition) is 1.